The molecular formula is C20H20ClF2N3O2. The number of nitrogens with zero attached hydrogens (tertiary/aromatic N) is 1. The van der Waals surface area contributed by atoms with Crippen LogP contribution in [-0.4, -0.2) is 18.1 Å². The van der Waals surface area contributed by atoms with Crippen molar-refractivity contribution in [2.45, 2.75) is 31.8 Å². The lowest BCUT2D eigenvalue weighted by Crippen LogP contribution is -2.26. The molecule has 1 aliphatic heterocycles. The van der Waals surface area contributed by atoms with Crippen LogP contribution in [-0.2, 0) is 0 Å². The van der Waals surface area contributed by atoms with Crippen molar-refractivity contribution in [2.75, 3.05) is 18.8 Å². The molecule has 1 aromatic carbocycles. The lowest BCUT2D eigenvalue weighted by atomic mass is 9.90. The van der Waals surface area contributed by atoms with E-state index in [1.165, 1.54) is 0 Å². The second-order valence-electron chi connectivity index (χ2n) is 6.95. The molecule has 0 aliphatic carbocycles. The highest BCUT2D eigenvalue weighted by atomic mass is 35.5. The highest BCUT2D eigenvalue weighted by Gasteiger charge is 2.25. The van der Waals surface area contributed by atoms with E-state index >= 15 is 0 Å². The average Bonchev–Trinajstić information content (AvgIpc) is 3.12. The molecule has 3 N–H and O–H groups in total. The van der Waals surface area contributed by atoms with Crippen LogP contribution in [0.5, 0.6) is 5.75 Å². The molecule has 0 amide bonds. The van der Waals surface area contributed by atoms with Crippen LogP contribution in [0.2, 0.25) is 5.02 Å². The number of furan rings is 1. The molecule has 1 fully saturated rings. The molecule has 1 saturated heterocycles. The maximum atomic E-state index is 14.2. The summed E-state index contributed by atoms with van der Waals surface area (Å²) < 4.78 is 39.7. The van der Waals surface area contributed by atoms with Gasteiger partial charge in [0.25, 0.3) is 0 Å². The van der Waals surface area contributed by atoms with Crippen molar-refractivity contribution in [3.05, 3.63) is 52.4 Å². The van der Waals surface area contributed by atoms with Crippen LogP contribution in [0.4, 0.5) is 14.6 Å². The standard InChI is InChI=1S/C20H20ClF2N3O2/c1-10(16-14(22)2-3-15(23)17(16)21)28-19-18-12(8-26-20(19)24)13(9-27-18)11-4-6-25-7-5-11/h2-3,8-11,25H,4-7H2,1H3,(H2,24,26)/t10-/m1/s1. The number of aromatic nitrogens is 1. The Balaban J connectivity index is 1.72. The van der Waals surface area contributed by atoms with E-state index in [1.54, 1.807) is 19.4 Å². The summed E-state index contributed by atoms with van der Waals surface area (Å²) in [5.41, 5.74) is 7.42. The number of halogens is 3. The Hall–Kier alpha value is -2.38. The number of pyridine rings is 1. The van der Waals surface area contributed by atoms with E-state index in [1.807, 2.05) is 0 Å². The molecule has 1 atom stereocenters. The number of anilines is 1. The lowest BCUT2D eigenvalue weighted by Gasteiger charge is -2.22. The first-order valence-corrected chi connectivity index (χ1v) is 9.51. The molecule has 0 saturated carbocycles. The van der Waals surface area contributed by atoms with E-state index in [0.29, 0.717) is 11.5 Å². The highest BCUT2D eigenvalue weighted by molar-refractivity contribution is 6.31. The van der Waals surface area contributed by atoms with E-state index < -0.39 is 17.7 Å². The number of hydrogen-bond acceptors (Lipinski definition) is 5. The maximum absolute atomic E-state index is 14.2. The molecular weight excluding hydrogens is 388 g/mol. The van der Waals surface area contributed by atoms with Gasteiger partial charge in [-0.15, -0.1) is 0 Å². The summed E-state index contributed by atoms with van der Waals surface area (Å²) >= 11 is 5.95. The second kappa shape index (κ2) is 7.56. The highest BCUT2D eigenvalue weighted by Crippen LogP contribution is 2.41. The lowest BCUT2D eigenvalue weighted by molar-refractivity contribution is 0.221. The predicted molar refractivity (Wildman–Crippen MR) is 104 cm³/mol. The summed E-state index contributed by atoms with van der Waals surface area (Å²) in [6, 6.07) is 1.99. The Kier molecular flexibility index (Phi) is 5.12. The van der Waals surface area contributed by atoms with Gasteiger partial charge in [-0.05, 0) is 50.9 Å². The van der Waals surface area contributed by atoms with Crippen LogP contribution in [0.25, 0.3) is 11.0 Å². The van der Waals surface area contributed by atoms with E-state index in [9.17, 15) is 8.78 Å². The number of fused-ring (bicyclic) bond motifs is 1. The fourth-order valence-corrected chi connectivity index (χ4v) is 4.02. The van der Waals surface area contributed by atoms with E-state index in [2.05, 4.69) is 10.3 Å². The zero-order valence-corrected chi connectivity index (χ0v) is 16.0. The summed E-state index contributed by atoms with van der Waals surface area (Å²) in [7, 11) is 0. The van der Waals surface area contributed by atoms with Gasteiger partial charge in [-0.1, -0.05) is 11.6 Å². The van der Waals surface area contributed by atoms with Crippen molar-refractivity contribution in [1.29, 1.82) is 0 Å². The third-order valence-corrected chi connectivity index (χ3v) is 5.57. The molecule has 2 aromatic heterocycles. The molecule has 3 aromatic rings. The van der Waals surface area contributed by atoms with Gasteiger partial charge in [-0.2, -0.15) is 0 Å². The number of nitrogen functional groups attached to an aromatic ring is 1. The monoisotopic (exact) mass is 407 g/mol. The molecule has 5 nitrogen and oxygen atoms in total. The summed E-state index contributed by atoms with van der Waals surface area (Å²) in [4.78, 5) is 4.22. The van der Waals surface area contributed by atoms with Gasteiger partial charge in [0.05, 0.1) is 11.3 Å². The van der Waals surface area contributed by atoms with E-state index in [0.717, 1.165) is 49.0 Å². The minimum absolute atomic E-state index is 0.0804. The number of hydrogen-bond donors (Lipinski definition) is 2. The van der Waals surface area contributed by atoms with E-state index in [-0.39, 0.29) is 22.2 Å². The van der Waals surface area contributed by atoms with Crippen LogP contribution in [0.15, 0.2) is 29.0 Å². The number of piperidine rings is 1. The van der Waals surface area contributed by atoms with Gasteiger partial charge < -0.3 is 20.2 Å². The maximum Gasteiger partial charge on any atom is 0.205 e. The van der Waals surface area contributed by atoms with Crippen LogP contribution in [0, 0.1) is 11.6 Å². The predicted octanol–water partition coefficient (Wildman–Crippen LogP) is 4.95. The van der Waals surface area contributed by atoms with Gasteiger partial charge in [0.15, 0.2) is 11.4 Å². The fraction of sp³-hybridized carbons (Fsp3) is 0.350. The molecule has 0 radical (unpaired) electrons. The van der Waals surface area contributed by atoms with Crippen molar-refractivity contribution < 1.29 is 17.9 Å². The van der Waals surface area contributed by atoms with Crippen molar-refractivity contribution in [3.63, 3.8) is 0 Å². The number of ether oxygens (including phenoxy) is 1. The number of rotatable bonds is 4. The molecule has 0 unspecified atom stereocenters. The normalized spacial score (nSPS) is 16.4. The smallest absolute Gasteiger partial charge is 0.205 e. The van der Waals surface area contributed by atoms with Crippen LogP contribution in [0.3, 0.4) is 0 Å². The van der Waals surface area contributed by atoms with Gasteiger partial charge in [-0.25, -0.2) is 13.8 Å². The van der Waals surface area contributed by atoms with Crippen molar-refractivity contribution in [3.8, 4) is 5.75 Å². The quantitative estimate of drug-likeness (QED) is 0.599. The van der Waals surface area contributed by atoms with Gasteiger partial charge in [0, 0.05) is 22.7 Å². The van der Waals surface area contributed by atoms with Gasteiger partial charge in [0.2, 0.25) is 5.75 Å². The fourth-order valence-electron chi connectivity index (χ4n) is 3.71. The van der Waals surface area contributed by atoms with Gasteiger partial charge in [-0.3, -0.25) is 0 Å². The third-order valence-electron chi connectivity index (χ3n) is 5.19. The van der Waals surface area contributed by atoms with Crippen LogP contribution in [0.1, 0.15) is 42.9 Å². The number of nitrogens with one attached hydrogen (secondary N) is 1. The zero-order chi connectivity index (χ0) is 19.8. The summed E-state index contributed by atoms with van der Waals surface area (Å²) in [5, 5.41) is 3.83. The van der Waals surface area contributed by atoms with Crippen molar-refractivity contribution >= 4 is 28.4 Å². The summed E-state index contributed by atoms with van der Waals surface area (Å²) in [6.07, 6.45) is 4.46. The Morgan fingerprint density at radius 1 is 1.29 bits per heavy atom. The zero-order valence-electron chi connectivity index (χ0n) is 15.3. The minimum Gasteiger partial charge on any atom is -0.478 e. The van der Waals surface area contributed by atoms with Gasteiger partial charge >= 0.3 is 0 Å². The second-order valence-corrected chi connectivity index (χ2v) is 7.33. The van der Waals surface area contributed by atoms with Crippen molar-refractivity contribution in [1.82, 2.24) is 10.3 Å². The van der Waals surface area contributed by atoms with Crippen LogP contribution >= 0.6 is 11.6 Å². The minimum atomic E-state index is -0.898. The first kappa shape index (κ1) is 19.0. The molecule has 0 bridgehead atoms. The largest absolute Gasteiger partial charge is 0.478 e. The molecule has 0 spiro atoms. The first-order valence-electron chi connectivity index (χ1n) is 9.13. The Morgan fingerprint density at radius 3 is 2.75 bits per heavy atom. The van der Waals surface area contributed by atoms with Gasteiger partial charge in [0.1, 0.15) is 17.7 Å². The van der Waals surface area contributed by atoms with E-state index in [4.69, 9.17) is 26.5 Å². The Bertz CT molecular complexity index is 1020. The molecule has 8 heteroatoms. The number of nitrogens with two attached hydrogens (primary N) is 1. The summed E-state index contributed by atoms with van der Waals surface area (Å²) in [5.74, 6) is -0.715. The molecule has 3 heterocycles. The number of benzene rings is 1. The molecule has 148 valence electrons. The average molecular weight is 408 g/mol. The molecule has 4 rings (SSSR count). The summed E-state index contributed by atoms with van der Waals surface area (Å²) in [6.45, 7) is 3.45. The first-order chi connectivity index (χ1) is 13.5. The molecule has 1 aliphatic rings. The van der Waals surface area contributed by atoms with Crippen molar-refractivity contribution in [2.24, 2.45) is 0 Å². The SMILES string of the molecule is C[C@@H](Oc1c(N)ncc2c(C3CCNCC3)coc12)c1c(F)ccc(F)c1Cl. The topological polar surface area (TPSA) is 73.3 Å². The Labute approximate surface area is 165 Å². The van der Waals surface area contributed by atoms with Crippen LogP contribution < -0.4 is 15.8 Å². The Morgan fingerprint density at radius 2 is 2.00 bits per heavy atom. The third kappa shape index (κ3) is 3.29. The molecule has 28 heavy (non-hydrogen) atoms.